The second-order valence-corrected chi connectivity index (χ2v) is 7.08. The summed E-state index contributed by atoms with van der Waals surface area (Å²) >= 11 is 1.55. The van der Waals surface area contributed by atoms with Crippen LogP contribution in [0, 0.1) is 0 Å². The van der Waals surface area contributed by atoms with Gasteiger partial charge < -0.3 is 4.42 Å². The molecule has 1 aliphatic heterocycles. The molecule has 7 heteroatoms. The third-order valence-electron chi connectivity index (χ3n) is 2.89. The molecule has 19 heavy (non-hydrogen) atoms. The topological polar surface area (TPSA) is 62.9 Å². The molecule has 1 atom stereocenters. The summed E-state index contributed by atoms with van der Waals surface area (Å²) in [5, 5.41) is 6.20. The molecule has 2 aromatic heterocycles. The van der Waals surface area contributed by atoms with Crippen LogP contribution in [0.5, 0.6) is 0 Å². The van der Waals surface area contributed by atoms with Crippen molar-refractivity contribution in [1.82, 2.24) is 4.41 Å². The molecule has 0 saturated heterocycles. The highest BCUT2D eigenvalue weighted by molar-refractivity contribution is 7.88. The van der Waals surface area contributed by atoms with Gasteiger partial charge >= 0.3 is 0 Å². The molecule has 0 aliphatic carbocycles. The Morgan fingerprint density at radius 1 is 1.42 bits per heavy atom. The van der Waals surface area contributed by atoms with E-state index in [-0.39, 0.29) is 6.04 Å². The number of hydrazone groups is 1. The van der Waals surface area contributed by atoms with Crippen molar-refractivity contribution in [2.45, 2.75) is 12.5 Å². The van der Waals surface area contributed by atoms with E-state index < -0.39 is 10.0 Å². The number of sulfonamides is 1. The maximum atomic E-state index is 11.8. The fourth-order valence-electron chi connectivity index (χ4n) is 2.08. The first-order valence-corrected chi connectivity index (χ1v) is 8.42. The molecular formula is C12H12N2O3S2. The summed E-state index contributed by atoms with van der Waals surface area (Å²) in [5.74, 6) is 0.612. The Balaban J connectivity index is 2.00. The largest absolute Gasteiger partial charge is 0.467 e. The van der Waals surface area contributed by atoms with Gasteiger partial charge in [-0.05, 0) is 23.6 Å². The first-order valence-electron chi connectivity index (χ1n) is 5.70. The lowest BCUT2D eigenvalue weighted by atomic mass is 10.1. The first kappa shape index (κ1) is 12.4. The third-order valence-corrected chi connectivity index (χ3v) is 4.82. The average molecular weight is 296 g/mol. The standard InChI is InChI=1S/C12H12N2O3S2/c1-19(15,16)14-10(11-4-2-6-17-11)8-9(13-14)12-5-3-7-18-12/h2-7,10H,8H2,1H3. The molecule has 0 aromatic carbocycles. The van der Waals surface area contributed by atoms with E-state index in [1.807, 2.05) is 17.5 Å². The monoisotopic (exact) mass is 296 g/mol. The van der Waals surface area contributed by atoms with Gasteiger partial charge in [0.1, 0.15) is 11.8 Å². The van der Waals surface area contributed by atoms with Crippen LogP contribution in [0.15, 0.2) is 45.4 Å². The molecule has 1 aliphatic rings. The minimum atomic E-state index is -3.41. The Morgan fingerprint density at radius 2 is 2.26 bits per heavy atom. The second kappa shape index (κ2) is 4.50. The van der Waals surface area contributed by atoms with E-state index in [4.69, 9.17) is 4.42 Å². The van der Waals surface area contributed by atoms with Crippen LogP contribution in [0.4, 0.5) is 0 Å². The summed E-state index contributed by atoms with van der Waals surface area (Å²) in [4.78, 5) is 0.989. The molecule has 100 valence electrons. The van der Waals surface area contributed by atoms with Crippen LogP contribution >= 0.6 is 11.3 Å². The highest BCUT2D eigenvalue weighted by Gasteiger charge is 2.36. The van der Waals surface area contributed by atoms with Crippen molar-refractivity contribution in [3.63, 3.8) is 0 Å². The van der Waals surface area contributed by atoms with Crippen LogP contribution in [0.3, 0.4) is 0 Å². The van der Waals surface area contributed by atoms with Crippen molar-refractivity contribution >= 4 is 27.1 Å². The number of hydrogen-bond donors (Lipinski definition) is 0. The van der Waals surface area contributed by atoms with Gasteiger partial charge in [-0.1, -0.05) is 6.07 Å². The van der Waals surface area contributed by atoms with Gasteiger partial charge in [0.25, 0.3) is 0 Å². The van der Waals surface area contributed by atoms with Crippen LogP contribution in [-0.4, -0.2) is 24.8 Å². The predicted octanol–water partition coefficient (Wildman–Crippen LogP) is 2.45. The Morgan fingerprint density at radius 3 is 2.84 bits per heavy atom. The smallest absolute Gasteiger partial charge is 0.247 e. The van der Waals surface area contributed by atoms with Crippen molar-refractivity contribution < 1.29 is 12.8 Å². The third kappa shape index (κ3) is 2.31. The summed E-state index contributed by atoms with van der Waals surface area (Å²) in [7, 11) is -3.41. The Kier molecular flexibility index (Phi) is 2.94. The second-order valence-electron chi connectivity index (χ2n) is 4.29. The van der Waals surface area contributed by atoms with Crippen LogP contribution < -0.4 is 0 Å². The van der Waals surface area contributed by atoms with Gasteiger partial charge in [0.2, 0.25) is 10.0 Å². The summed E-state index contributed by atoms with van der Waals surface area (Å²) in [6.45, 7) is 0. The zero-order valence-electron chi connectivity index (χ0n) is 10.2. The minimum absolute atomic E-state index is 0.387. The van der Waals surface area contributed by atoms with Gasteiger partial charge in [-0.2, -0.15) is 9.52 Å². The Labute approximate surface area is 115 Å². The molecule has 0 fully saturated rings. The molecular weight excluding hydrogens is 284 g/mol. The number of thiophene rings is 1. The summed E-state index contributed by atoms with van der Waals surface area (Å²) < 4.78 is 30.1. The molecule has 1 unspecified atom stereocenters. The fourth-order valence-corrected chi connectivity index (χ4v) is 3.69. The molecule has 0 bridgehead atoms. The number of rotatable bonds is 3. The number of hydrogen-bond acceptors (Lipinski definition) is 5. The first-order chi connectivity index (χ1) is 9.05. The molecule has 5 nitrogen and oxygen atoms in total. The van der Waals surface area contributed by atoms with Gasteiger partial charge in [-0.25, -0.2) is 8.42 Å². The van der Waals surface area contributed by atoms with Crippen molar-refractivity contribution in [2.24, 2.45) is 5.10 Å². The van der Waals surface area contributed by atoms with Gasteiger partial charge in [-0.3, -0.25) is 0 Å². The maximum Gasteiger partial charge on any atom is 0.247 e. The van der Waals surface area contributed by atoms with Crippen LogP contribution in [0.2, 0.25) is 0 Å². The molecule has 0 spiro atoms. The van der Waals surface area contributed by atoms with Gasteiger partial charge in [0, 0.05) is 6.42 Å². The van der Waals surface area contributed by atoms with Crippen molar-refractivity contribution in [2.75, 3.05) is 6.26 Å². The Bertz CT molecular complexity index is 687. The molecule has 2 aromatic rings. The highest BCUT2D eigenvalue weighted by Crippen LogP contribution is 2.35. The lowest BCUT2D eigenvalue weighted by Crippen LogP contribution is -2.25. The molecule has 3 rings (SSSR count). The van der Waals surface area contributed by atoms with Gasteiger partial charge in [0.05, 0.1) is 23.1 Å². The minimum Gasteiger partial charge on any atom is -0.467 e. The van der Waals surface area contributed by atoms with E-state index >= 15 is 0 Å². The molecule has 0 N–H and O–H groups in total. The van der Waals surface area contributed by atoms with Crippen molar-refractivity contribution in [3.8, 4) is 0 Å². The zero-order chi connectivity index (χ0) is 13.5. The predicted molar refractivity (Wildman–Crippen MR) is 73.6 cm³/mol. The molecule has 0 saturated carbocycles. The summed E-state index contributed by atoms with van der Waals surface area (Å²) in [6.07, 6.45) is 3.23. The van der Waals surface area contributed by atoms with Crippen molar-refractivity contribution in [3.05, 3.63) is 46.5 Å². The van der Waals surface area contributed by atoms with E-state index in [2.05, 4.69) is 5.10 Å². The van der Waals surface area contributed by atoms with E-state index in [1.165, 1.54) is 0 Å². The van der Waals surface area contributed by atoms with Crippen LogP contribution in [-0.2, 0) is 10.0 Å². The summed E-state index contributed by atoms with van der Waals surface area (Å²) in [6, 6.07) is 7.00. The SMILES string of the molecule is CS(=O)(=O)N1N=C(c2cccs2)CC1c1ccco1. The van der Waals surface area contributed by atoms with E-state index in [1.54, 1.807) is 29.7 Å². The zero-order valence-corrected chi connectivity index (χ0v) is 11.8. The van der Waals surface area contributed by atoms with E-state index in [0.717, 1.165) is 21.3 Å². The van der Waals surface area contributed by atoms with Crippen LogP contribution in [0.25, 0.3) is 0 Å². The Hall–Kier alpha value is -1.60. The maximum absolute atomic E-state index is 11.8. The van der Waals surface area contributed by atoms with Gasteiger partial charge in [0.15, 0.2) is 0 Å². The molecule has 0 radical (unpaired) electrons. The lowest BCUT2D eigenvalue weighted by Gasteiger charge is -2.18. The summed E-state index contributed by atoms with van der Waals surface area (Å²) in [5.41, 5.74) is 0.779. The van der Waals surface area contributed by atoms with E-state index in [0.29, 0.717) is 12.2 Å². The average Bonchev–Trinajstić information content (AvgIpc) is 3.09. The molecule has 0 amide bonds. The fraction of sp³-hybridized carbons (Fsp3) is 0.250. The van der Waals surface area contributed by atoms with Crippen molar-refractivity contribution in [1.29, 1.82) is 0 Å². The van der Waals surface area contributed by atoms with Gasteiger partial charge in [-0.15, -0.1) is 11.3 Å². The van der Waals surface area contributed by atoms with E-state index in [9.17, 15) is 8.42 Å². The quantitative estimate of drug-likeness (QED) is 0.874. The molecule has 3 heterocycles. The van der Waals surface area contributed by atoms with Crippen LogP contribution in [0.1, 0.15) is 23.1 Å². The number of furan rings is 1. The highest BCUT2D eigenvalue weighted by atomic mass is 32.2. The normalized spacial score (nSPS) is 19.7. The lowest BCUT2D eigenvalue weighted by molar-refractivity contribution is 0.322. The number of nitrogens with zero attached hydrogens (tertiary/aromatic N) is 2.